The molecule has 1 fully saturated rings. The van der Waals surface area contributed by atoms with Gasteiger partial charge in [0.15, 0.2) is 0 Å². The van der Waals surface area contributed by atoms with E-state index in [1.165, 1.54) is 0 Å². The Balaban J connectivity index is -0.0000000338. The van der Waals surface area contributed by atoms with Gasteiger partial charge in [0.1, 0.15) is 0 Å². The van der Waals surface area contributed by atoms with Crippen molar-refractivity contribution >= 4 is 0 Å². The fourth-order valence-electron chi connectivity index (χ4n) is 0.855. The SMILES string of the molecule is C#Cc1ccccc1.[C-]#[O+].[C-]#[O+].[C-]#[O+].[C-]#[O+].[C-]#[O+].[CH]1[CH][CH][CH][CH]1.[Co].[Mo]. The van der Waals surface area contributed by atoms with Crippen molar-refractivity contribution in [3.63, 3.8) is 0 Å². The summed E-state index contributed by atoms with van der Waals surface area (Å²) in [6.45, 7) is 22.5. The maximum absolute atomic E-state index is 7.50. The van der Waals surface area contributed by atoms with Crippen molar-refractivity contribution in [3.05, 3.63) is 101 Å². The van der Waals surface area contributed by atoms with Crippen molar-refractivity contribution in [2.24, 2.45) is 0 Å². The predicted octanol–water partition coefficient (Wildman–Crippen LogP) is 2.50. The molecule has 6 radical (unpaired) electrons. The van der Waals surface area contributed by atoms with Crippen molar-refractivity contribution < 1.29 is 61.1 Å². The summed E-state index contributed by atoms with van der Waals surface area (Å²) in [6, 6.07) is 9.60. The van der Waals surface area contributed by atoms with Crippen LogP contribution in [0.3, 0.4) is 0 Å². The van der Waals surface area contributed by atoms with Gasteiger partial charge in [0.25, 0.3) is 0 Å². The minimum absolute atomic E-state index is 0. The van der Waals surface area contributed by atoms with Crippen LogP contribution in [-0.2, 0) is 61.1 Å². The number of rotatable bonds is 0. The summed E-state index contributed by atoms with van der Waals surface area (Å²) >= 11 is 0. The van der Waals surface area contributed by atoms with E-state index in [1.54, 1.807) is 0 Å². The summed E-state index contributed by atoms with van der Waals surface area (Å²) < 4.78 is 37.5. The zero-order valence-corrected chi connectivity index (χ0v) is 15.7. The molecule has 0 atom stereocenters. The first kappa shape index (κ1) is 43.8. The van der Waals surface area contributed by atoms with Crippen LogP contribution in [0, 0.1) is 77.7 Å². The van der Waals surface area contributed by atoms with Gasteiger partial charge in [0, 0.05) is 43.4 Å². The Morgan fingerprint density at radius 2 is 0.840 bits per heavy atom. The molecule has 0 bridgehead atoms. The minimum Gasteiger partial charge on any atom is -0.0312 e. The van der Waals surface area contributed by atoms with Crippen LogP contribution in [0.15, 0.2) is 30.3 Å². The first-order valence-electron chi connectivity index (χ1n) is 5.14. The van der Waals surface area contributed by atoms with Crippen molar-refractivity contribution in [2.45, 2.75) is 0 Å². The zero-order chi connectivity index (χ0) is 19.4. The molecule has 0 amide bonds. The van der Waals surface area contributed by atoms with Gasteiger partial charge < -0.3 is 0 Å². The molecule has 1 saturated carbocycles. The number of hydrogen-bond acceptors (Lipinski definition) is 0. The van der Waals surface area contributed by atoms with Gasteiger partial charge >= 0.3 is 56.5 Å². The molecule has 0 saturated heterocycles. The fraction of sp³-hybridized carbons (Fsp3) is 0. The predicted molar refractivity (Wildman–Crippen MR) is 75.5 cm³/mol. The van der Waals surface area contributed by atoms with Crippen LogP contribution in [0.2, 0.25) is 0 Å². The molecule has 5 nitrogen and oxygen atoms in total. The number of terminal acetylenes is 1. The first-order valence-corrected chi connectivity index (χ1v) is 5.14. The van der Waals surface area contributed by atoms with Gasteiger partial charge in [-0.05, 0) is 44.2 Å². The third kappa shape index (κ3) is 51.8. The minimum atomic E-state index is 0. The summed E-state index contributed by atoms with van der Waals surface area (Å²) in [4.78, 5) is 0. The van der Waals surface area contributed by atoms with Crippen molar-refractivity contribution in [3.8, 4) is 12.3 Å². The van der Waals surface area contributed by atoms with Gasteiger partial charge in [-0.2, -0.15) is 0 Å². The second-order valence-corrected chi connectivity index (χ2v) is 2.47. The Hall–Kier alpha value is -1.33. The zero-order valence-electron chi connectivity index (χ0n) is 12.6. The smallest absolute Gasteiger partial charge is 0 e. The van der Waals surface area contributed by atoms with Crippen LogP contribution >= 0.6 is 0 Å². The number of benzene rings is 1. The number of hydrogen-bond donors (Lipinski definition) is 0. The summed E-state index contributed by atoms with van der Waals surface area (Å²) in [5.74, 6) is 2.53. The first-order chi connectivity index (χ1) is 11.4. The van der Waals surface area contributed by atoms with Gasteiger partial charge in [-0.1, -0.05) is 24.1 Å². The Morgan fingerprint density at radius 3 is 1.00 bits per heavy atom. The molecule has 2 rings (SSSR count). The van der Waals surface area contributed by atoms with Gasteiger partial charge in [0.05, 0.1) is 0 Å². The van der Waals surface area contributed by atoms with E-state index in [4.69, 9.17) is 29.7 Å². The van der Waals surface area contributed by atoms with Gasteiger partial charge in [0.2, 0.25) is 0 Å². The Kier molecular flexibility index (Phi) is 116. The normalized spacial score (nSPS) is 7.72. The maximum atomic E-state index is 7.50. The third-order valence-corrected chi connectivity index (χ3v) is 1.50. The second-order valence-electron chi connectivity index (χ2n) is 2.47. The molecule has 0 N–H and O–H groups in total. The van der Waals surface area contributed by atoms with E-state index in [2.05, 4.69) is 39.2 Å². The molecule has 1 aromatic rings. The van der Waals surface area contributed by atoms with E-state index < -0.39 is 0 Å². The van der Waals surface area contributed by atoms with Crippen LogP contribution in [0.1, 0.15) is 5.56 Å². The molecule has 0 heterocycles. The van der Waals surface area contributed by atoms with E-state index in [0.29, 0.717) is 0 Å². The van der Waals surface area contributed by atoms with Gasteiger partial charge in [-0.3, -0.25) is 0 Å². The van der Waals surface area contributed by atoms with Gasteiger partial charge in [-0.25, -0.2) is 0 Å². The fourth-order valence-corrected chi connectivity index (χ4v) is 0.855. The third-order valence-electron chi connectivity index (χ3n) is 1.50. The van der Waals surface area contributed by atoms with E-state index in [0.717, 1.165) is 5.56 Å². The van der Waals surface area contributed by atoms with E-state index in [1.807, 2.05) is 62.4 Å². The molecule has 1 aromatic carbocycles. The molecule has 1 aliphatic rings. The average Bonchev–Trinajstić information content (AvgIpc) is 3.30. The molecule has 0 aromatic heterocycles. The quantitative estimate of drug-likeness (QED) is 0.245. The van der Waals surface area contributed by atoms with Crippen LogP contribution in [0.5, 0.6) is 0 Å². The largest absolute Gasteiger partial charge is 0.0312 e. The molecule has 0 aliphatic heterocycles. The Labute approximate surface area is 174 Å². The summed E-state index contributed by atoms with van der Waals surface area (Å²) in [6.07, 6.45) is 15.1. The molecule has 0 spiro atoms. The summed E-state index contributed by atoms with van der Waals surface area (Å²) in [5.41, 5.74) is 0.938. The van der Waals surface area contributed by atoms with E-state index >= 15 is 0 Å². The molecule has 1 aliphatic carbocycles. The van der Waals surface area contributed by atoms with Crippen LogP contribution in [0.25, 0.3) is 0 Å². The average molecular weight is 462 g/mol. The molecule has 128 valence electrons. The summed E-state index contributed by atoms with van der Waals surface area (Å²) in [5, 5.41) is 0. The van der Waals surface area contributed by atoms with Crippen LogP contribution in [-0.4, -0.2) is 0 Å². The molecule has 0 unspecified atom stereocenters. The Bertz CT molecular complexity index is 412. The van der Waals surface area contributed by atoms with Crippen molar-refractivity contribution in [1.29, 1.82) is 0 Å². The van der Waals surface area contributed by atoms with E-state index in [9.17, 15) is 0 Å². The van der Waals surface area contributed by atoms with Crippen LogP contribution in [0.4, 0.5) is 0 Å². The van der Waals surface area contributed by atoms with Crippen LogP contribution < -0.4 is 0 Å². The molecule has 7 heteroatoms. The topological polar surface area (TPSA) is 99.5 Å². The van der Waals surface area contributed by atoms with Crippen molar-refractivity contribution in [1.82, 2.24) is 0 Å². The molecule has 25 heavy (non-hydrogen) atoms. The molecular formula is C18H11CoMoO5. The monoisotopic (exact) mass is 464 g/mol. The molecular weight excluding hydrogens is 451 g/mol. The van der Waals surface area contributed by atoms with E-state index in [-0.39, 0.29) is 37.8 Å². The standard InChI is InChI=1S/C8H6.C5H5.5CO.Co.Mo/c1-2-8-6-4-3-5-7-8;1-2-4-5-3-1;5*1-2;;/h1,3-7H;1-5H;;;;;;;. The Morgan fingerprint density at radius 1 is 0.600 bits per heavy atom. The summed E-state index contributed by atoms with van der Waals surface area (Å²) in [7, 11) is 0. The van der Waals surface area contributed by atoms with Crippen molar-refractivity contribution in [2.75, 3.05) is 0 Å². The van der Waals surface area contributed by atoms with Gasteiger partial charge in [-0.15, -0.1) is 6.42 Å². The second kappa shape index (κ2) is 66.3. The maximum Gasteiger partial charge on any atom is 0 e.